The zero-order valence-corrected chi connectivity index (χ0v) is 10.1. The molecule has 0 atom stereocenters. The fourth-order valence-electron chi connectivity index (χ4n) is 1.88. The van der Waals surface area contributed by atoms with Crippen LogP contribution in [0.3, 0.4) is 0 Å². The number of pyridine rings is 1. The molecular weight excluding hydrogens is 234 g/mol. The lowest BCUT2D eigenvalue weighted by Gasteiger charge is -2.04. The van der Waals surface area contributed by atoms with Crippen molar-refractivity contribution in [2.45, 2.75) is 6.85 Å². The lowest BCUT2D eigenvalue weighted by molar-refractivity contribution is 1.06. The number of benzene rings is 1. The quantitative estimate of drug-likeness (QED) is 0.698. The average molecular weight is 250 g/mol. The number of hydrogen-bond acceptors (Lipinski definition) is 3. The van der Waals surface area contributed by atoms with Crippen molar-refractivity contribution < 1.29 is 4.11 Å². The molecule has 92 valence electrons. The summed E-state index contributed by atoms with van der Waals surface area (Å²) in [5, 5.41) is 0. The van der Waals surface area contributed by atoms with Crippen LogP contribution in [-0.2, 0) is 0 Å². The Morgan fingerprint density at radius 1 is 0.842 bits per heavy atom. The first-order chi connectivity index (χ1) is 10.5. The first-order valence-electron chi connectivity index (χ1n) is 7.39. The smallest absolute Gasteiger partial charge is 0.125 e. The molecule has 1 aromatic carbocycles. The van der Waals surface area contributed by atoms with Gasteiger partial charge in [-0.1, -0.05) is 30.3 Å². The van der Waals surface area contributed by atoms with E-state index >= 15 is 0 Å². The van der Waals surface area contributed by atoms with E-state index in [9.17, 15) is 0 Å². The molecule has 3 rings (SSSR count). The van der Waals surface area contributed by atoms with Gasteiger partial charge in [-0.3, -0.25) is 4.98 Å². The summed E-state index contributed by atoms with van der Waals surface area (Å²) < 4.78 is 22.2. The highest BCUT2D eigenvalue weighted by molar-refractivity contribution is 5.67. The van der Waals surface area contributed by atoms with E-state index in [1.165, 1.54) is 6.20 Å². The maximum absolute atomic E-state index is 7.40. The summed E-state index contributed by atoms with van der Waals surface area (Å²) in [7, 11) is 0. The van der Waals surface area contributed by atoms with Gasteiger partial charge in [0.2, 0.25) is 0 Å². The van der Waals surface area contributed by atoms with Crippen molar-refractivity contribution in [1.82, 2.24) is 15.0 Å². The second kappa shape index (κ2) is 4.98. The lowest BCUT2D eigenvalue weighted by atomic mass is 10.1. The average Bonchev–Trinajstić information content (AvgIpc) is 2.55. The van der Waals surface area contributed by atoms with E-state index in [1.807, 2.05) is 36.4 Å². The molecule has 0 unspecified atom stereocenters. The molecule has 2 heterocycles. The fourth-order valence-corrected chi connectivity index (χ4v) is 1.88. The van der Waals surface area contributed by atoms with Gasteiger partial charge < -0.3 is 0 Å². The van der Waals surface area contributed by atoms with Gasteiger partial charge >= 0.3 is 0 Å². The van der Waals surface area contributed by atoms with Crippen molar-refractivity contribution in [1.29, 1.82) is 0 Å². The highest BCUT2D eigenvalue weighted by atomic mass is 14.9. The van der Waals surface area contributed by atoms with Crippen molar-refractivity contribution in [2.75, 3.05) is 0 Å². The zero-order chi connectivity index (χ0) is 15.6. The van der Waals surface area contributed by atoms with Crippen LogP contribution in [0.1, 0.15) is 9.94 Å². The van der Waals surface area contributed by atoms with Gasteiger partial charge in [-0.15, -0.1) is 0 Å². The summed E-state index contributed by atoms with van der Waals surface area (Å²) in [4.78, 5) is 12.3. The van der Waals surface area contributed by atoms with Crippen LogP contribution in [0.25, 0.3) is 22.5 Å². The zero-order valence-electron chi connectivity index (χ0n) is 13.1. The van der Waals surface area contributed by atoms with Crippen molar-refractivity contribution in [3.05, 3.63) is 66.7 Å². The van der Waals surface area contributed by atoms with Gasteiger partial charge in [-0.25, -0.2) is 9.97 Å². The summed E-state index contributed by atoms with van der Waals surface area (Å²) in [5.74, 6) is -0.150. The first kappa shape index (κ1) is 8.53. The highest BCUT2D eigenvalue weighted by Crippen LogP contribution is 2.22. The van der Waals surface area contributed by atoms with Crippen LogP contribution in [0, 0.1) is 6.85 Å². The van der Waals surface area contributed by atoms with E-state index in [2.05, 4.69) is 15.0 Å². The van der Waals surface area contributed by atoms with Crippen molar-refractivity contribution in [2.24, 2.45) is 0 Å². The molecule has 0 radical (unpaired) electrons. The topological polar surface area (TPSA) is 38.7 Å². The SMILES string of the molecule is [2H]C([2H])([2H])c1nccc(-c2ccnc(-c3ccccc3)c2)n1. The largest absolute Gasteiger partial charge is 0.256 e. The Labute approximate surface area is 116 Å². The molecule has 0 bridgehead atoms. The summed E-state index contributed by atoms with van der Waals surface area (Å²) in [5.41, 5.74) is 3.18. The molecule has 3 nitrogen and oxygen atoms in total. The third-order valence-electron chi connectivity index (χ3n) is 2.78. The van der Waals surface area contributed by atoms with Gasteiger partial charge in [0.25, 0.3) is 0 Å². The number of nitrogens with zero attached hydrogens (tertiary/aromatic N) is 3. The van der Waals surface area contributed by atoms with E-state index in [-0.39, 0.29) is 5.82 Å². The normalized spacial score (nSPS) is 13.4. The van der Waals surface area contributed by atoms with E-state index in [0.717, 1.165) is 16.8 Å². The van der Waals surface area contributed by atoms with Crippen molar-refractivity contribution >= 4 is 0 Å². The van der Waals surface area contributed by atoms with E-state index < -0.39 is 6.85 Å². The fraction of sp³-hybridized carbons (Fsp3) is 0.0625. The van der Waals surface area contributed by atoms with Crippen LogP contribution in [0.5, 0.6) is 0 Å². The maximum atomic E-state index is 7.40. The standard InChI is InChI=1S/C16H13N3/c1-12-17-10-8-15(19-12)14-7-9-18-16(11-14)13-5-3-2-4-6-13/h2-11H,1H3/i1D3. The second-order valence-electron chi connectivity index (χ2n) is 4.06. The molecule has 0 saturated carbocycles. The van der Waals surface area contributed by atoms with Gasteiger partial charge in [0, 0.05) is 27.6 Å². The van der Waals surface area contributed by atoms with Crippen LogP contribution in [0.2, 0.25) is 0 Å². The third-order valence-corrected chi connectivity index (χ3v) is 2.78. The van der Waals surface area contributed by atoms with E-state index in [0.29, 0.717) is 5.69 Å². The molecule has 2 aromatic heterocycles. The molecular formula is C16H13N3. The molecule has 0 aliphatic heterocycles. The number of hydrogen-bond donors (Lipinski definition) is 0. The predicted octanol–water partition coefficient (Wildman–Crippen LogP) is 3.51. The Balaban J connectivity index is 2.03. The molecule has 0 amide bonds. The highest BCUT2D eigenvalue weighted by Gasteiger charge is 2.03. The monoisotopic (exact) mass is 250 g/mol. The van der Waals surface area contributed by atoms with Crippen LogP contribution in [-0.4, -0.2) is 15.0 Å². The van der Waals surface area contributed by atoms with Crippen LogP contribution in [0.15, 0.2) is 60.9 Å². The molecule has 3 aromatic rings. The van der Waals surface area contributed by atoms with Gasteiger partial charge in [0.15, 0.2) is 0 Å². The van der Waals surface area contributed by atoms with Gasteiger partial charge in [-0.2, -0.15) is 0 Å². The minimum absolute atomic E-state index is 0.150. The molecule has 19 heavy (non-hydrogen) atoms. The molecule has 0 fully saturated rings. The number of aromatic nitrogens is 3. The molecule has 0 aliphatic rings. The summed E-state index contributed by atoms with van der Waals surface area (Å²) in [6, 6.07) is 15.2. The lowest BCUT2D eigenvalue weighted by Crippen LogP contribution is -1.91. The minimum atomic E-state index is -2.31. The van der Waals surface area contributed by atoms with Crippen LogP contribution >= 0.6 is 0 Å². The molecule has 0 N–H and O–H groups in total. The first-order valence-corrected chi connectivity index (χ1v) is 5.89. The van der Waals surface area contributed by atoms with Crippen molar-refractivity contribution in [3.63, 3.8) is 0 Å². The molecule has 0 spiro atoms. The molecule has 0 aliphatic carbocycles. The minimum Gasteiger partial charge on any atom is -0.256 e. The number of aryl methyl sites for hydroxylation is 1. The van der Waals surface area contributed by atoms with Gasteiger partial charge in [0.05, 0.1) is 11.4 Å². The summed E-state index contributed by atoms with van der Waals surface area (Å²) in [6.07, 6.45) is 3.15. The Hall–Kier alpha value is -2.55. The molecule has 3 heteroatoms. The van der Waals surface area contributed by atoms with Crippen LogP contribution < -0.4 is 0 Å². The third kappa shape index (κ3) is 2.50. The van der Waals surface area contributed by atoms with E-state index in [1.54, 1.807) is 18.3 Å². The van der Waals surface area contributed by atoms with Crippen molar-refractivity contribution in [3.8, 4) is 22.5 Å². The maximum Gasteiger partial charge on any atom is 0.125 e. The Morgan fingerprint density at radius 3 is 2.53 bits per heavy atom. The Morgan fingerprint density at radius 2 is 1.68 bits per heavy atom. The second-order valence-corrected chi connectivity index (χ2v) is 4.06. The Kier molecular flexibility index (Phi) is 2.24. The van der Waals surface area contributed by atoms with Gasteiger partial charge in [-0.05, 0) is 25.1 Å². The Bertz CT molecular complexity index is 786. The number of rotatable bonds is 2. The van der Waals surface area contributed by atoms with Gasteiger partial charge in [0.1, 0.15) is 5.82 Å². The predicted molar refractivity (Wildman–Crippen MR) is 75.4 cm³/mol. The van der Waals surface area contributed by atoms with Crippen LogP contribution in [0.4, 0.5) is 0 Å². The summed E-state index contributed by atoms with van der Waals surface area (Å²) >= 11 is 0. The summed E-state index contributed by atoms with van der Waals surface area (Å²) in [6.45, 7) is -2.31. The molecule has 0 saturated heterocycles. The van der Waals surface area contributed by atoms with E-state index in [4.69, 9.17) is 4.11 Å².